The summed E-state index contributed by atoms with van der Waals surface area (Å²) < 4.78 is 0. The number of nitrogens with zero attached hydrogens (tertiary/aromatic N) is 1. The van der Waals surface area contributed by atoms with Crippen molar-refractivity contribution in [3.63, 3.8) is 0 Å². The number of carbonyl (C=O) groups excluding carboxylic acids is 1. The molecule has 0 heterocycles. The van der Waals surface area contributed by atoms with E-state index in [0.717, 1.165) is 11.8 Å². The molecule has 1 aliphatic rings. The van der Waals surface area contributed by atoms with Gasteiger partial charge in [0.05, 0.1) is 14.7 Å². The zero-order valence-electron chi connectivity index (χ0n) is 9.46. The van der Waals surface area contributed by atoms with Crippen LogP contribution in [0.15, 0.2) is 39.8 Å². The van der Waals surface area contributed by atoms with Crippen molar-refractivity contribution in [2.75, 3.05) is 0 Å². The molecular formula is C12H11NO4S. The van der Waals surface area contributed by atoms with Crippen LogP contribution in [0.3, 0.4) is 0 Å². The predicted octanol–water partition coefficient (Wildman–Crippen LogP) is 3.21. The summed E-state index contributed by atoms with van der Waals surface area (Å²) in [4.78, 5) is 22.7. The number of aliphatic hydroxyl groups excluding tert-OH is 1. The van der Waals surface area contributed by atoms with Crippen molar-refractivity contribution in [2.45, 2.75) is 24.2 Å². The number of ketones is 1. The molecule has 0 atom stereocenters. The number of thioether (sulfide) groups is 1. The van der Waals surface area contributed by atoms with Crippen LogP contribution in [0, 0.1) is 10.1 Å². The van der Waals surface area contributed by atoms with Crippen LogP contribution in [0.25, 0.3) is 0 Å². The van der Waals surface area contributed by atoms with Gasteiger partial charge in [0.15, 0.2) is 5.78 Å². The third-order valence-corrected chi connectivity index (χ3v) is 3.84. The second-order valence-corrected chi connectivity index (χ2v) is 4.93. The lowest BCUT2D eigenvalue weighted by Gasteiger charge is -2.14. The Bertz CT molecular complexity index is 539. The Morgan fingerprint density at radius 1 is 1.28 bits per heavy atom. The maximum Gasteiger partial charge on any atom is 0.283 e. The summed E-state index contributed by atoms with van der Waals surface area (Å²) in [6.45, 7) is 0. The van der Waals surface area contributed by atoms with E-state index in [1.54, 1.807) is 18.2 Å². The molecule has 0 saturated heterocycles. The molecule has 6 heteroatoms. The van der Waals surface area contributed by atoms with Gasteiger partial charge in [0.1, 0.15) is 5.76 Å². The average Bonchev–Trinajstić information content (AvgIpc) is 2.34. The minimum absolute atomic E-state index is 0.0365. The standard InChI is InChI=1S/C12H11NO4S/c14-9-5-3-6-10(15)12(9)18-11-7-2-1-4-8(11)13(16)17/h1-2,4,7,14H,3,5-6H2. The van der Waals surface area contributed by atoms with Crippen LogP contribution in [0.2, 0.25) is 0 Å². The van der Waals surface area contributed by atoms with Gasteiger partial charge in [-0.15, -0.1) is 0 Å². The molecule has 1 aromatic rings. The third kappa shape index (κ3) is 2.53. The molecule has 1 N–H and O–H groups in total. The van der Waals surface area contributed by atoms with Crippen molar-refractivity contribution in [1.82, 2.24) is 0 Å². The van der Waals surface area contributed by atoms with E-state index in [1.807, 2.05) is 0 Å². The number of hydrogen-bond acceptors (Lipinski definition) is 5. The fourth-order valence-corrected chi connectivity index (χ4v) is 2.77. The molecule has 1 aliphatic carbocycles. The molecule has 0 bridgehead atoms. The van der Waals surface area contributed by atoms with Gasteiger partial charge in [-0.25, -0.2) is 0 Å². The highest BCUT2D eigenvalue weighted by molar-refractivity contribution is 8.04. The van der Waals surface area contributed by atoms with Crippen LogP contribution in [0.5, 0.6) is 0 Å². The molecule has 5 nitrogen and oxygen atoms in total. The highest BCUT2D eigenvalue weighted by atomic mass is 32.2. The van der Waals surface area contributed by atoms with E-state index < -0.39 is 4.92 Å². The van der Waals surface area contributed by atoms with Crippen LogP contribution in [-0.2, 0) is 4.79 Å². The number of nitro benzene ring substituents is 1. The second-order valence-electron chi connectivity index (χ2n) is 3.88. The fraction of sp³-hybridized carbons (Fsp3) is 0.250. The van der Waals surface area contributed by atoms with Gasteiger partial charge in [-0.2, -0.15) is 0 Å². The average molecular weight is 265 g/mol. The first kappa shape index (κ1) is 12.6. The molecular weight excluding hydrogens is 254 g/mol. The van der Waals surface area contributed by atoms with Crippen LogP contribution >= 0.6 is 11.8 Å². The van der Waals surface area contributed by atoms with Gasteiger partial charge in [-0.3, -0.25) is 14.9 Å². The van der Waals surface area contributed by atoms with Crippen molar-refractivity contribution in [3.05, 3.63) is 45.0 Å². The number of benzene rings is 1. The summed E-state index contributed by atoms with van der Waals surface area (Å²) in [6, 6.07) is 6.19. The largest absolute Gasteiger partial charge is 0.511 e. The number of hydrogen-bond donors (Lipinski definition) is 1. The molecule has 18 heavy (non-hydrogen) atoms. The lowest BCUT2D eigenvalue weighted by atomic mass is 10.1. The fourth-order valence-electron chi connectivity index (χ4n) is 1.72. The van der Waals surface area contributed by atoms with E-state index in [4.69, 9.17) is 0 Å². The van der Waals surface area contributed by atoms with E-state index in [2.05, 4.69) is 0 Å². The molecule has 0 amide bonds. The van der Waals surface area contributed by atoms with Gasteiger partial charge in [-0.1, -0.05) is 23.9 Å². The van der Waals surface area contributed by atoms with Crippen LogP contribution in [0.1, 0.15) is 19.3 Å². The Hall–Kier alpha value is -1.82. The van der Waals surface area contributed by atoms with E-state index in [-0.39, 0.29) is 22.1 Å². The number of allylic oxidation sites excluding steroid dienone is 2. The molecule has 0 saturated carbocycles. The highest BCUT2D eigenvalue weighted by Gasteiger charge is 2.24. The molecule has 0 radical (unpaired) electrons. The number of Topliss-reactive ketones (excluding diaryl/α,β-unsaturated/α-hetero) is 1. The second kappa shape index (κ2) is 5.22. The topological polar surface area (TPSA) is 80.4 Å². The van der Waals surface area contributed by atoms with Gasteiger partial charge >= 0.3 is 0 Å². The Morgan fingerprint density at radius 3 is 2.67 bits per heavy atom. The molecule has 1 aromatic carbocycles. The lowest BCUT2D eigenvalue weighted by Crippen LogP contribution is -2.09. The summed E-state index contributed by atoms with van der Waals surface area (Å²) in [5, 5.41) is 20.6. The van der Waals surface area contributed by atoms with E-state index >= 15 is 0 Å². The van der Waals surface area contributed by atoms with Crippen molar-refractivity contribution < 1.29 is 14.8 Å². The van der Waals surface area contributed by atoms with Gasteiger partial charge < -0.3 is 5.11 Å². The molecule has 2 rings (SSSR count). The van der Waals surface area contributed by atoms with Gasteiger partial charge in [0.25, 0.3) is 5.69 Å². The Labute approximate surface area is 108 Å². The first-order valence-electron chi connectivity index (χ1n) is 5.46. The van der Waals surface area contributed by atoms with Crippen molar-refractivity contribution in [3.8, 4) is 0 Å². The van der Waals surface area contributed by atoms with E-state index in [0.29, 0.717) is 24.2 Å². The number of para-hydroxylation sites is 1. The third-order valence-electron chi connectivity index (χ3n) is 2.61. The summed E-state index contributed by atoms with van der Waals surface area (Å²) in [7, 11) is 0. The van der Waals surface area contributed by atoms with Crippen LogP contribution in [-0.4, -0.2) is 15.8 Å². The molecule has 0 aliphatic heterocycles. The number of aliphatic hydroxyl groups is 1. The zero-order chi connectivity index (χ0) is 13.1. The number of nitro groups is 1. The smallest absolute Gasteiger partial charge is 0.283 e. The Morgan fingerprint density at radius 2 is 2.00 bits per heavy atom. The molecule has 0 aromatic heterocycles. The van der Waals surface area contributed by atoms with E-state index in [9.17, 15) is 20.0 Å². The van der Waals surface area contributed by atoms with Crippen molar-refractivity contribution >= 4 is 23.2 Å². The lowest BCUT2D eigenvalue weighted by molar-refractivity contribution is -0.387. The first-order chi connectivity index (χ1) is 8.59. The summed E-state index contributed by atoms with van der Waals surface area (Å²) in [5.41, 5.74) is -0.0545. The van der Waals surface area contributed by atoms with E-state index in [1.165, 1.54) is 6.07 Å². The normalized spacial score (nSPS) is 15.9. The summed E-state index contributed by atoms with van der Waals surface area (Å²) >= 11 is 0.974. The molecule has 0 spiro atoms. The highest BCUT2D eigenvalue weighted by Crippen LogP contribution is 2.38. The van der Waals surface area contributed by atoms with Crippen molar-refractivity contribution in [2.24, 2.45) is 0 Å². The quantitative estimate of drug-likeness (QED) is 0.670. The summed E-state index contributed by atoms with van der Waals surface area (Å²) in [5.74, 6) is -0.115. The van der Waals surface area contributed by atoms with Gasteiger partial charge in [0.2, 0.25) is 0 Å². The monoisotopic (exact) mass is 265 g/mol. The minimum atomic E-state index is -0.493. The number of rotatable bonds is 3. The molecule has 0 unspecified atom stereocenters. The maximum atomic E-state index is 11.7. The van der Waals surface area contributed by atoms with Gasteiger partial charge in [-0.05, 0) is 12.5 Å². The summed E-state index contributed by atoms with van der Waals surface area (Å²) in [6.07, 6.45) is 1.47. The number of carbonyl (C=O) groups is 1. The van der Waals surface area contributed by atoms with Crippen LogP contribution < -0.4 is 0 Å². The SMILES string of the molecule is O=C1CCCC(O)=C1Sc1ccccc1[N+](=O)[O-]. The first-order valence-corrected chi connectivity index (χ1v) is 6.28. The molecule has 94 valence electrons. The van der Waals surface area contributed by atoms with Gasteiger partial charge in [0, 0.05) is 18.9 Å². The molecule has 0 fully saturated rings. The van der Waals surface area contributed by atoms with Crippen LogP contribution in [0.4, 0.5) is 5.69 Å². The van der Waals surface area contributed by atoms with Crippen molar-refractivity contribution in [1.29, 1.82) is 0 Å². The minimum Gasteiger partial charge on any atom is -0.511 e. The zero-order valence-corrected chi connectivity index (χ0v) is 10.3. The Kier molecular flexibility index (Phi) is 3.66. The predicted molar refractivity (Wildman–Crippen MR) is 67.5 cm³/mol. The Balaban J connectivity index is 2.34. The maximum absolute atomic E-state index is 11.7.